The van der Waals surface area contributed by atoms with Crippen LogP contribution in [-0.4, -0.2) is 47.9 Å². The van der Waals surface area contributed by atoms with Crippen molar-refractivity contribution >= 4 is 17.8 Å². The first-order chi connectivity index (χ1) is 8.82. The normalized spacial score (nSPS) is 22.5. The third kappa shape index (κ3) is 4.89. The number of carboxylic acids is 1. The largest absolute Gasteiger partial charge is 0.481 e. The van der Waals surface area contributed by atoms with Crippen LogP contribution in [0.3, 0.4) is 0 Å². The van der Waals surface area contributed by atoms with E-state index in [1.165, 1.54) is 4.90 Å². The number of nitrogens with one attached hydrogen (secondary N) is 1. The zero-order valence-corrected chi connectivity index (χ0v) is 11.7. The topological polar surface area (TPSA) is 86.7 Å². The van der Waals surface area contributed by atoms with Gasteiger partial charge in [-0.3, -0.25) is 14.4 Å². The Bertz CT molecular complexity index is 370. The lowest BCUT2D eigenvalue weighted by Gasteiger charge is -2.19. The zero-order chi connectivity index (χ0) is 14.6. The Morgan fingerprint density at radius 3 is 2.47 bits per heavy atom. The summed E-state index contributed by atoms with van der Waals surface area (Å²) in [4.78, 5) is 35.3. The minimum atomic E-state index is -0.921. The van der Waals surface area contributed by atoms with Gasteiger partial charge in [-0.05, 0) is 12.3 Å². The Morgan fingerprint density at radius 2 is 2.00 bits per heavy atom. The van der Waals surface area contributed by atoms with E-state index in [4.69, 9.17) is 5.11 Å². The minimum Gasteiger partial charge on any atom is -0.481 e. The molecule has 0 bridgehead atoms. The number of nitrogens with zero attached hydrogens (tertiary/aromatic N) is 1. The van der Waals surface area contributed by atoms with E-state index in [0.29, 0.717) is 12.5 Å². The Morgan fingerprint density at radius 1 is 1.42 bits per heavy atom. The molecule has 2 amide bonds. The number of amides is 2. The van der Waals surface area contributed by atoms with E-state index in [1.54, 1.807) is 14.0 Å². The molecular formula is C13H22N2O4. The molecule has 0 spiro atoms. The van der Waals surface area contributed by atoms with E-state index in [2.05, 4.69) is 5.32 Å². The fourth-order valence-electron chi connectivity index (χ4n) is 1.89. The number of hydrogen-bond donors (Lipinski definition) is 2. The van der Waals surface area contributed by atoms with E-state index in [-0.39, 0.29) is 30.7 Å². The van der Waals surface area contributed by atoms with Crippen molar-refractivity contribution in [3.05, 3.63) is 0 Å². The quantitative estimate of drug-likeness (QED) is 0.698. The van der Waals surface area contributed by atoms with Crippen LogP contribution >= 0.6 is 0 Å². The molecule has 6 heteroatoms. The molecule has 3 unspecified atom stereocenters. The number of carbonyl (C=O) groups is 3. The molecule has 1 fully saturated rings. The van der Waals surface area contributed by atoms with E-state index in [9.17, 15) is 14.4 Å². The summed E-state index contributed by atoms with van der Waals surface area (Å²) < 4.78 is 0. The van der Waals surface area contributed by atoms with Crippen LogP contribution in [0, 0.1) is 17.8 Å². The van der Waals surface area contributed by atoms with Gasteiger partial charge >= 0.3 is 5.97 Å². The van der Waals surface area contributed by atoms with Crippen molar-refractivity contribution in [1.29, 1.82) is 0 Å². The predicted molar refractivity (Wildman–Crippen MR) is 69.3 cm³/mol. The van der Waals surface area contributed by atoms with Gasteiger partial charge in [-0.15, -0.1) is 0 Å². The number of aliphatic carboxylic acids is 1. The van der Waals surface area contributed by atoms with Gasteiger partial charge in [0.25, 0.3) is 0 Å². The maximum Gasteiger partial charge on any atom is 0.308 e. The van der Waals surface area contributed by atoms with Crippen molar-refractivity contribution in [3.8, 4) is 0 Å². The average Bonchev–Trinajstić information content (AvgIpc) is 3.05. The molecule has 0 radical (unpaired) electrons. The number of rotatable bonds is 7. The molecule has 2 N–H and O–H groups in total. The first kappa shape index (κ1) is 15.5. The van der Waals surface area contributed by atoms with Gasteiger partial charge in [-0.25, -0.2) is 0 Å². The average molecular weight is 270 g/mol. The van der Waals surface area contributed by atoms with Crippen LogP contribution in [0.4, 0.5) is 0 Å². The maximum atomic E-state index is 11.7. The summed E-state index contributed by atoms with van der Waals surface area (Å²) in [6.45, 7) is 4.08. The van der Waals surface area contributed by atoms with Crippen LogP contribution in [0.2, 0.25) is 0 Å². The van der Waals surface area contributed by atoms with Crippen LogP contribution in [-0.2, 0) is 14.4 Å². The third-order valence-electron chi connectivity index (χ3n) is 3.48. The number of hydrogen-bond acceptors (Lipinski definition) is 3. The summed E-state index contributed by atoms with van der Waals surface area (Å²) >= 11 is 0. The Hall–Kier alpha value is -1.59. The highest BCUT2D eigenvalue weighted by molar-refractivity contribution is 5.82. The van der Waals surface area contributed by atoms with Crippen molar-refractivity contribution in [1.82, 2.24) is 10.2 Å². The van der Waals surface area contributed by atoms with Gasteiger partial charge in [0.15, 0.2) is 0 Å². The lowest BCUT2D eigenvalue weighted by atomic mass is 10.1. The monoisotopic (exact) mass is 270 g/mol. The summed E-state index contributed by atoms with van der Waals surface area (Å²) in [7, 11) is 1.58. The summed E-state index contributed by atoms with van der Waals surface area (Å²) in [6.07, 6.45) is 1.13. The molecule has 6 nitrogen and oxygen atoms in total. The molecule has 0 aliphatic heterocycles. The minimum absolute atomic E-state index is 0.0156. The smallest absolute Gasteiger partial charge is 0.308 e. The van der Waals surface area contributed by atoms with Crippen LogP contribution in [0.25, 0.3) is 0 Å². The van der Waals surface area contributed by atoms with Gasteiger partial charge in [-0.1, -0.05) is 13.8 Å². The molecule has 0 aromatic carbocycles. The third-order valence-corrected chi connectivity index (χ3v) is 3.48. The molecule has 108 valence electrons. The Labute approximate surface area is 113 Å². The lowest BCUT2D eigenvalue weighted by molar-refractivity contribution is -0.142. The van der Waals surface area contributed by atoms with Gasteiger partial charge < -0.3 is 15.3 Å². The maximum absolute atomic E-state index is 11.7. The van der Waals surface area contributed by atoms with Crippen LogP contribution in [0.15, 0.2) is 0 Å². The molecule has 1 aliphatic rings. The van der Waals surface area contributed by atoms with Gasteiger partial charge in [0, 0.05) is 32.5 Å². The Balaban J connectivity index is 2.19. The molecule has 0 heterocycles. The first-order valence-electron chi connectivity index (χ1n) is 6.57. The summed E-state index contributed by atoms with van der Waals surface area (Å²) in [6, 6.07) is 0. The molecule has 0 aromatic heterocycles. The molecular weight excluding hydrogens is 248 g/mol. The van der Waals surface area contributed by atoms with E-state index >= 15 is 0 Å². The fourth-order valence-corrected chi connectivity index (χ4v) is 1.89. The second-order valence-corrected chi connectivity index (χ2v) is 5.37. The standard InChI is InChI=1S/C13H22N2O4/c1-8-6-10(8)12(17)14-5-4-11(16)15(3)7-9(2)13(18)19/h8-10H,4-7H2,1-3H3,(H,14,17)(H,18,19). The van der Waals surface area contributed by atoms with E-state index < -0.39 is 11.9 Å². The highest BCUT2D eigenvalue weighted by Gasteiger charge is 2.38. The molecule has 1 saturated carbocycles. The molecule has 3 atom stereocenters. The zero-order valence-electron chi connectivity index (χ0n) is 11.7. The Kier molecular flexibility index (Phi) is 5.32. The van der Waals surface area contributed by atoms with Gasteiger partial charge in [0.2, 0.25) is 11.8 Å². The molecule has 1 rings (SSSR count). The van der Waals surface area contributed by atoms with Crippen LogP contribution in [0.1, 0.15) is 26.7 Å². The first-order valence-corrected chi connectivity index (χ1v) is 6.57. The van der Waals surface area contributed by atoms with Crippen molar-refractivity contribution < 1.29 is 19.5 Å². The second-order valence-electron chi connectivity index (χ2n) is 5.37. The highest BCUT2D eigenvalue weighted by atomic mass is 16.4. The van der Waals surface area contributed by atoms with Crippen LogP contribution < -0.4 is 5.32 Å². The van der Waals surface area contributed by atoms with Crippen molar-refractivity contribution in [2.45, 2.75) is 26.7 Å². The molecule has 0 saturated heterocycles. The lowest BCUT2D eigenvalue weighted by Crippen LogP contribution is -2.36. The van der Waals surface area contributed by atoms with Crippen LogP contribution in [0.5, 0.6) is 0 Å². The fraction of sp³-hybridized carbons (Fsp3) is 0.769. The predicted octanol–water partition coefficient (Wildman–Crippen LogP) is 0.328. The van der Waals surface area contributed by atoms with E-state index in [0.717, 1.165) is 6.42 Å². The SMILES string of the molecule is CC(CN(C)C(=O)CCNC(=O)C1CC1C)C(=O)O. The van der Waals surface area contributed by atoms with Crippen molar-refractivity contribution in [3.63, 3.8) is 0 Å². The van der Waals surface area contributed by atoms with Gasteiger partial charge in [-0.2, -0.15) is 0 Å². The second kappa shape index (κ2) is 6.54. The van der Waals surface area contributed by atoms with Gasteiger partial charge in [0.1, 0.15) is 0 Å². The highest BCUT2D eigenvalue weighted by Crippen LogP contribution is 2.37. The molecule has 19 heavy (non-hydrogen) atoms. The number of carboxylic acid groups (broad SMARTS) is 1. The van der Waals surface area contributed by atoms with Crippen molar-refractivity contribution in [2.24, 2.45) is 17.8 Å². The van der Waals surface area contributed by atoms with Crippen molar-refractivity contribution in [2.75, 3.05) is 20.1 Å². The van der Waals surface area contributed by atoms with E-state index in [1.807, 2.05) is 6.92 Å². The molecule has 0 aromatic rings. The number of carbonyl (C=O) groups excluding carboxylic acids is 2. The van der Waals surface area contributed by atoms with Gasteiger partial charge in [0.05, 0.1) is 5.92 Å². The summed E-state index contributed by atoms with van der Waals surface area (Å²) in [5.74, 6) is -1.08. The summed E-state index contributed by atoms with van der Waals surface area (Å²) in [5.41, 5.74) is 0. The summed E-state index contributed by atoms with van der Waals surface area (Å²) in [5, 5.41) is 11.5. The molecule has 1 aliphatic carbocycles.